The van der Waals surface area contributed by atoms with Gasteiger partial charge in [0.15, 0.2) is 0 Å². The lowest BCUT2D eigenvalue weighted by Crippen LogP contribution is -2.30. The molecule has 26 heavy (non-hydrogen) atoms. The van der Waals surface area contributed by atoms with Gasteiger partial charge in [0.05, 0.1) is 5.75 Å². The Morgan fingerprint density at radius 1 is 1.04 bits per heavy atom. The smallest absolute Gasteiger partial charge is 0.225 e. The quantitative estimate of drug-likeness (QED) is 0.768. The van der Waals surface area contributed by atoms with Gasteiger partial charge in [0.2, 0.25) is 15.9 Å². The summed E-state index contributed by atoms with van der Waals surface area (Å²) in [5.41, 5.74) is 2.68. The van der Waals surface area contributed by atoms with Crippen LogP contribution in [0.2, 0.25) is 0 Å². The van der Waals surface area contributed by atoms with Crippen molar-refractivity contribution in [3.8, 4) is 0 Å². The van der Waals surface area contributed by atoms with Gasteiger partial charge in [-0.25, -0.2) is 12.7 Å². The Labute approximate surface area is 156 Å². The van der Waals surface area contributed by atoms with Gasteiger partial charge in [-0.05, 0) is 23.1 Å². The van der Waals surface area contributed by atoms with Crippen LogP contribution in [0.4, 0.5) is 5.69 Å². The summed E-state index contributed by atoms with van der Waals surface area (Å²) in [6.07, 6.45) is -0.0755. The number of nitrogens with one attached hydrogen (secondary N) is 1. The average molecular weight is 375 g/mol. The maximum atomic E-state index is 12.4. The van der Waals surface area contributed by atoms with E-state index in [1.165, 1.54) is 11.4 Å². The van der Waals surface area contributed by atoms with Crippen LogP contribution in [0.1, 0.15) is 37.3 Å². The SMILES string of the molecule is CC(C)c1ccccc1NC(=O)CCS(=O)(=O)N(C)Cc1ccccc1. The van der Waals surface area contributed by atoms with Gasteiger partial charge < -0.3 is 5.32 Å². The van der Waals surface area contributed by atoms with Crippen LogP contribution >= 0.6 is 0 Å². The van der Waals surface area contributed by atoms with Gasteiger partial charge >= 0.3 is 0 Å². The van der Waals surface area contributed by atoms with Gasteiger partial charge in [-0.2, -0.15) is 0 Å². The van der Waals surface area contributed by atoms with Crippen LogP contribution in [-0.2, 0) is 21.4 Å². The Hall–Kier alpha value is -2.18. The van der Waals surface area contributed by atoms with Crippen molar-refractivity contribution in [2.75, 3.05) is 18.1 Å². The molecule has 0 unspecified atom stereocenters. The van der Waals surface area contributed by atoms with Gasteiger partial charge in [0, 0.05) is 25.7 Å². The highest BCUT2D eigenvalue weighted by Gasteiger charge is 2.20. The van der Waals surface area contributed by atoms with Gasteiger partial charge in [0.25, 0.3) is 0 Å². The first-order valence-corrected chi connectivity index (χ1v) is 10.3. The van der Waals surface area contributed by atoms with Crippen molar-refractivity contribution in [3.63, 3.8) is 0 Å². The molecular formula is C20H26N2O3S. The molecule has 0 spiro atoms. The number of rotatable bonds is 8. The molecule has 0 aliphatic heterocycles. The molecular weight excluding hydrogens is 348 g/mol. The van der Waals surface area contributed by atoms with Crippen molar-refractivity contribution >= 4 is 21.6 Å². The number of hydrogen-bond acceptors (Lipinski definition) is 3. The summed E-state index contributed by atoms with van der Waals surface area (Å²) in [5.74, 6) is -0.242. The van der Waals surface area contributed by atoms with Crippen LogP contribution in [0.15, 0.2) is 54.6 Å². The summed E-state index contributed by atoms with van der Waals surface area (Å²) >= 11 is 0. The van der Waals surface area contributed by atoms with E-state index >= 15 is 0 Å². The molecule has 0 heterocycles. The second kappa shape index (κ2) is 8.96. The van der Waals surface area contributed by atoms with E-state index in [1.54, 1.807) is 0 Å². The van der Waals surface area contributed by atoms with Gasteiger partial charge in [-0.1, -0.05) is 62.4 Å². The molecule has 0 aromatic heterocycles. The topological polar surface area (TPSA) is 66.5 Å². The Morgan fingerprint density at radius 2 is 1.65 bits per heavy atom. The summed E-state index contributed by atoms with van der Waals surface area (Å²) in [6.45, 7) is 4.39. The zero-order chi connectivity index (χ0) is 19.2. The first kappa shape index (κ1) is 20.1. The Kier molecular flexibility index (Phi) is 6.94. The predicted molar refractivity (Wildman–Crippen MR) is 105 cm³/mol. The number of para-hydroxylation sites is 1. The second-order valence-corrected chi connectivity index (χ2v) is 8.79. The second-order valence-electron chi connectivity index (χ2n) is 6.60. The molecule has 0 atom stereocenters. The van der Waals surface area contributed by atoms with Crippen LogP contribution in [0.5, 0.6) is 0 Å². The number of sulfonamides is 1. The van der Waals surface area contributed by atoms with Crippen LogP contribution in [-0.4, -0.2) is 31.4 Å². The molecule has 1 N–H and O–H groups in total. The molecule has 0 saturated heterocycles. The standard InChI is InChI=1S/C20H26N2O3S/c1-16(2)18-11-7-8-12-19(18)21-20(23)13-14-26(24,25)22(3)15-17-9-5-4-6-10-17/h4-12,16H,13-15H2,1-3H3,(H,21,23). The van der Waals surface area contributed by atoms with E-state index in [0.29, 0.717) is 6.54 Å². The maximum Gasteiger partial charge on any atom is 0.225 e. The number of amides is 1. The third kappa shape index (κ3) is 5.68. The number of carbonyl (C=O) groups is 1. The fourth-order valence-corrected chi connectivity index (χ4v) is 3.74. The highest BCUT2D eigenvalue weighted by Crippen LogP contribution is 2.23. The normalized spacial score (nSPS) is 11.7. The third-order valence-corrected chi connectivity index (χ3v) is 5.97. The van der Waals surface area contributed by atoms with Crippen LogP contribution < -0.4 is 5.32 Å². The lowest BCUT2D eigenvalue weighted by Gasteiger charge is -2.17. The summed E-state index contributed by atoms with van der Waals surface area (Å²) in [4.78, 5) is 12.2. The molecule has 0 fully saturated rings. The molecule has 0 aliphatic carbocycles. The van der Waals surface area contributed by atoms with E-state index in [4.69, 9.17) is 0 Å². The molecule has 2 aromatic rings. The summed E-state index contributed by atoms with van der Waals surface area (Å²) < 4.78 is 26.1. The predicted octanol–water partition coefficient (Wildman–Crippen LogP) is 3.60. The molecule has 0 bridgehead atoms. The monoisotopic (exact) mass is 374 g/mol. The van der Waals surface area contributed by atoms with Crippen LogP contribution in [0.25, 0.3) is 0 Å². The Morgan fingerprint density at radius 3 is 2.31 bits per heavy atom. The zero-order valence-electron chi connectivity index (χ0n) is 15.5. The molecule has 1 amide bonds. The van der Waals surface area contributed by atoms with Crippen molar-refractivity contribution in [2.45, 2.75) is 32.7 Å². The summed E-state index contributed by atoms with van der Waals surface area (Å²) in [7, 11) is -1.96. The van der Waals surface area contributed by atoms with E-state index < -0.39 is 10.0 Å². The average Bonchev–Trinajstić information content (AvgIpc) is 2.61. The molecule has 5 nitrogen and oxygen atoms in total. The minimum Gasteiger partial charge on any atom is -0.326 e. The third-order valence-electron chi connectivity index (χ3n) is 4.17. The fraction of sp³-hybridized carbons (Fsp3) is 0.350. The molecule has 0 saturated carbocycles. The first-order valence-electron chi connectivity index (χ1n) is 8.66. The van der Waals surface area contributed by atoms with Crippen molar-refractivity contribution in [2.24, 2.45) is 0 Å². The Balaban J connectivity index is 1.93. The van der Waals surface area contributed by atoms with E-state index in [0.717, 1.165) is 16.8 Å². The maximum absolute atomic E-state index is 12.4. The highest BCUT2D eigenvalue weighted by atomic mass is 32.2. The fourth-order valence-electron chi connectivity index (χ4n) is 2.64. The first-order chi connectivity index (χ1) is 12.3. The largest absolute Gasteiger partial charge is 0.326 e. The van der Waals surface area contributed by atoms with Crippen molar-refractivity contribution in [1.29, 1.82) is 0 Å². The van der Waals surface area contributed by atoms with Crippen molar-refractivity contribution in [1.82, 2.24) is 4.31 Å². The molecule has 2 aromatic carbocycles. The number of benzene rings is 2. The molecule has 6 heteroatoms. The minimum absolute atomic E-state index is 0.0755. The van der Waals surface area contributed by atoms with E-state index in [9.17, 15) is 13.2 Å². The zero-order valence-corrected chi connectivity index (χ0v) is 16.3. The van der Waals surface area contributed by atoms with Gasteiger partial charge in [-0.15, -0.1) is 0 Å². The van der Waals surface area contributed by atoms with E-state index in [2.05, 4.69) is 5.32 Å². The van der Waals surface area contributed by atoms with Gasteiger partial charge in [0.1, 0.15) is 0 Å². The number of carbonyl (C=O) groups excluding carboxylic acids is 1. The summed E-state index contributed by atoms with van der Waals surface area (Å²) in [5, 5.41) is 2.83. The lowest BCUT2D eigenvalue weighted by atomic mass is 10.0. The molecule has 0 radical (unpaired) electrons. The number of hydrogen-bond donors (Lipinski definition) is 1. The lowest BCUT2D eigenvalue weighted by molar-refractivity contribution is -0.115. The van der Waals surface area contributed by atoms with Crippen molar-refractivity contribution < 1.29 is 13.2 Å². The molecule has 2 rings (SSSR count). The minimum atomic E-state index is -3.50. The van der Waals surface area contributed by atoms with E-state index in [-0.39, 0.29) is 24.0 Å². The molecule has 140 valence electrons. The van der Waals surface area contributed by atoms with Crippen LogP contribution in [0, 0.1) is 0 Å². The Bertz CT molecular complexity index is 833. The molecule has 0 aliphatic rings. The summed E-state index contributed by atoms with van der Waals surface area (Å²) in [6, 6.07) is 17.0. The highest BCUT2D eigenvalue weighted by molar-refractivity contribution is 7.89. The van der Waals surface area contributed by atoms with E-state index in [1.807, 2.05) is 68.4 Å². The van der Waals surface area contributed by atoms with Crippen LogP contribution in [0.3, 0.4) is 0 Å². The van der Waals surface area contributed by atoms with Gasteiger partial charge in [-0.3, -0.25) is 4.79 Å². The van der Waals surface area contributed by atoms with Crippen molar-refractivity contribution in [3.05, 3.63) is 65.7 Å². The number of anilines is 1. The number of nitrogens with zero attached hydrogens (tertiary/aromatic N) is 1.